The first-order valence-electron chi connectivity index (χ1n) is 13.7. The zero-order valence-electron chi connectivity index (χ0n) is 23.9. The molecule has 0 aliphatic carbocycles. The van der Waals surface area contributed by atoms with Gasteiger partial charge in [0.1, 0.15) is 17.9 Å². The van der Waals surface area contributed by atoms with E-state index >= 15 is 0 Å². The number of nitrogens with zero attached hydrogens (tertiary/aromatic N) is 3. The minimum absolute atomic E-state index is 0.146. The first kappa shape index (κ1) is 29.2. The highest BCUT2D eigenvalue weighted by Crippen LogP contribution is 2.33. The molecular formula is C31H35N5O5S. The van der Waals surface area contributed by atoms with Gasteiger partial charge in [0.25, 0.3) is 10.0 Å². The summed E-state index contributed by atoms with van der Waals surface area (Å²) >= 11 is 0. The number of likely N-dealkylation sites (tertiary alicyclic amines) is 1. The van der Waals surface area contributed by atoms with Crippen LogP contribution in [-0.4, -0.2) is 64.2 Å². The Hall–Kier alpha value is -4.35. The van der Waals surface area contributed by atoms with Gasteiger partial charge in [0, 0.05) is 23.0 Å². The number of anilines is 3. The zero-order valence-corrected chi connectivity index (χ0v) is 24.7. The molecule has 0 amide bonds. The summed E-state index contributed by atoms with van der Waals surface area (Å²) in [6, 6.07) is 20.7. The van der Waals surface area contributed by atoms with E-state index in [9.17, 15) is 8.42 Å². The van der Waals surface area contributed by atoms with Crippen LogP contribution in [0.5, 0.6) is 17.2 Å². The molecule has 1 aliphatic heterocycles. The Balaban J connectivity index is 1.22. The van der Waals surface area contributed by atoms with Gasteiger partial charge in [-0.2, -0.15) is 0 Å². The summed E-state index contributed by atoms with van der Waals surface area (Å²) in [5.41, 5.74) is 2.76. The molecule has 5 rings (SSSR count). The maximum atomic E-state index is 12.7. The van der Waals surface area contributed by atoms with Crippen LogP contribution >= 0.6 is 0 Å². The molecule has 3 aromatic carbocycles. The van der Waals surface area contributed by atoms with Gasteiger partial charge >= 0.3 is 0 Å². The molecule has 2 heterocycles. The van der Waals surface area contributed by atoms with Gasteiger partial charge < -0.3 is 24.4 Å². The second-order valence-corrected chi connectivity index (χ2v) is 11.9. The standard InChI is InChI=1S/C31H35N5O5S/c1-36-16-14-22(15-17-36)20-41-29-13-4-23(18-30(29)40-3)28-19-31(33-21-32-28)34-24-5-7-25(8-6-24)35-42(37,38)27-11-9-26(39-2)10-12-27/h4-13,18-19,21-22,35H,14-17,20H2,1-3H3,(H,32,33,34). The molecule has 0 unspecified atom stereocenters. The SMILES string of the molecule is COc1ccc(S(=O)(=O)Nc2ccc(Nc3cc(-c4ccc(OCC5CCN(C)CC5)c(OC)c4)ncn3)cc2)cc1. The van der Waals surface area contributed by atoms with E-state index in [2.05, 4.69) is 32.0 Å². The van der Waals surface area contributed by atoms with Crippen LogP contribution in [0.15, 0.2) is 84.0 Å². The monoisotopic (exact) mass is 589 g/mol. The third-order valence-corrected chi connectivity index (χ3v) is 8.62. The topological polar surface area (TPSA) is 115 Å². The molecule has 10 nitrogen and oxygen atoms in total. The van der Waals surface area contributed by atoms with Crippen LogP contribution in [0.3, 0.4) is 0 Å². The van der Waals surface area contributed by atoms with Crippen LogP contribution in [0.25, 0.3) is 11.3 Å². The van der Waals surface area contributed by atoms with Crippen molar-refractivity contribution >= 4 is 27.2 Å². The van der Waals surface area contributed by atoms with Crippen LogP contribution in [0, 0.1) is 5.92 Å². The van der Waals surface area contributed by atoms with Crippen LogP contribution in [0.1, 0.15) is 12.8 Å². The Kier molecular flexibility index (Phi) is 9.09. The van der Waals surface area contributed by atoms with Crippen molar-refractivity contribution in [3.05, 3.63) is 79.1 Å². The Morgan fingerprint density at radius 3 is 2.26 bits per heavy atom. The third kappa shape index (κ3) is 7.29. The number of methoxy groups -OCH3 is 2. The van der Waals surface area contributed by atoms with Gasteiger partial charge in [0.05, 0.1) is 31.4 Å². The van der Waals surface area contributed by atoms with Crippen molar-refractivity contribution in [1.82, 2.24) is 14.9 Å². The van der Waals surface area contributed by atoms with Crippen molar-refractivity contribution in [2.45, 2.75) is 17.7 Å². The maximum Gasteiger partial charge on any atom is 0.261 e. The lowest BCUT2D eigenvalue weighted by Gasteiger charge is -2.28. The van der Waals surface area contributed by atoms with Crippen molar-refractivity contribution in [3.8, 4) is 28.5 Å². The molecule has 2 N–H and O–H groups in total. The molecule has 0 bridgehead atoms. The summed E-state index contributed by atoms with van der Waals surface area (Å²) in [5, 5.41) is 3.25. The van der Waals surface area contributed by atoms with E-state index < -0.39 is 10.0 Å². The molecule has 0 atom stereocenters. The number of hydrogen-bond acceptors (Lipinski definition) is 9. The highest BCUT2D eigenvalue weighted by Gasteiger charge is 2.18. The van der Waals surface area contributed by atoms with Crippen LogP contribution < -0.4 is 24.2 Å². The van der Waals surface area contributed by atoms with E-state index in [0.29, 0.717) is 35.5 Å². The summed E-state index contributed by atoms with van der Waals surface area (Å²) in [5.74, 6) is 3.09. The summed E-state index contributed by atoms with van der Waals surface area (Å²) in [6.45, 7) is 2.87. The average Bonchev–Trinajstić information content (AvgIpc) is 3.01. The predicted octanol–water partition coefficient (Wildman–Crippen LogP) is 5.43. The van der Waals surface area contributed by atoms with Gasteiger partial charge in [0.15, 0.2) is 11.5 Å². The minimum atomic E-state index is -3.73. The molecular weight excluding hydrogens is 554 g/mol. The number of aromatic nitrogens is 2. The third-order valence-electron chi connectivity index (χ3n) is 7.22. The van der Waals surface area contributed by atoms with Crippen molar-refractivity contribution in [1.29, 1.82) is 0 Å². The molecule has 4 aromatic rings. The molecule has 0 spiro atoms. The fourth-order valence-corrected chi connectivity index (χ4v) is 5.76. The molecule has 1 fully saturated rings. The number of hydrogen-bond donors (Lipinski definition) is 2. The second-order valence-electron chi connectivity index (χ2n) is 10.2. The molecule has 11 heteroatoms. The fourth-order valence-electron chi connectivity index (χ4n) is 4.70. The lowest BCUT2D eigenvalue weighted by Crippen LogP contribution is -2.32. The van der Waals surface area contributed by atoms with E-state index in [-0.39, 0.29) is 4.90 Å². The van der Waals surface area contributed by atoms with Gasteiger partial charge in [-0.15, -0.1) is 0 Å². The lowest BCUT2D eigenvalue weighted by atomic mass is 9.98. The highest BCUT2D eigenvalue weighted by atomic mass is 32.2. The molecule has 1 saturated heterocycles. The van der Waals surface area contributed by atoms with E-state index in [1.807, 2.05) is 24.3 Å². The van der Waals surface area contributed by atoms with E-state index in [1.165, 1.54) is 25.6 Å². The van der Waals surface area contributed by atoms with Crippen LogP contribution in [-0.2, 0) is 10.0 Å². The normalized spacial score (nSPS) is 14.3. The largest absolute Gasteiger partial charge is 0.497 e. The molecule has 220 valence electrons. The van der Waals surface area contributed by atoms with Crippen LogP contribution in [0.2, 0.25) is 0 Å². The molecule has 1 aliphatic rings. The maximum absolute atomic E-state index is 12.7. The number of sulfonamides is 1. The number of nitrogens with one attached hydrogen (secondary N) is 2. The lowest BCUT2D eigenvalue weighted by molar-refractivity contribution is 0.157. The molecule has 42 heavy (non-hydrogen) atoms. The van der Waals surface area contributed by atoms with Crippen molar-refractivity contribution in [2.24, 2.45) is 5.92 Å². The van der Waals surface area contributed by atoms with E-state index in [0.717, 1.165) is 48.6 Å². The summed E-state index contributed by atoms with van der Waals surface area (Å²) in [4.78, 5) is 11.3. The Bertz CT molecular complexity index is 1590. The van der Waals surface area contributed by atoms with Gasteiger partial charge in [0.2, 0.25) is 0 Å². The smallest absolute Gasteiger partial charge is 0.261 e. The predicted molar refractivity (Wildman–Crippen MR) is 163 cm³/mol. The zero-order chi connectivity index (χ0) is 29.5. The summed E-state index contributed by atoms with van der Waals surface area (Å²) in [6.07, 6.45) is 3.76. The summed E-state index contributed by atoms with van der Waals surface area (Å²) < 4.78 is 44.9. The Morgan fingerprint density at radius 1 is 0.857 bits per heavy atom. The molecule has 1 aromatic heterocycles. The number of rotatable bonds is 11. The first-order chi connectivity index (χ1) is 20.3. The minimum Gasteiger partial charge on any atom is -0.497 e. The van der Waals surface area contributed by atoms with Crippen molar-refractivity contribution < 1.29 is 22.6 Å². The fraction of sp³-hybridized carbons (Fsp3) is 0.290. The second kappa shape index (κ2) is 13.1. The van der Waals surface area contributed by atoms with Crippen LogP contribution in [0.4, 0.5) is 17.2 Å². The first-order valence-corrected chi connectivity index (χ1v) is 15.2. The van der Waals surface area contributed by atoms with Gasteiger partial charge in [-0.05, 0) is 106 Å². The van der Waals surface area contributed by atoms with Crippen molar-refractivity contribution in [3.63, 3.8) is 0 Å². The molecule has 0 saturated carbocycles. The van der Waals surface area contributed by atoms with Crippen molar-refractivity contribution in [2.75, 3.05) is 51.0 Å². The average molecular weight is 590 g/mol. The summed E-state index contributed by atoms with van der Waals surface area (Å²) in [7, 11) is 1.58. The van der Waals surface area contributed by atoms with Gasteiger partial charge in [-0.25, -0.2) is 18.4 Å². The van der Waals surface area contributed by atoms with Gasteiger partial charge in [-0.3, -0.25) is 4.72 Å². The Morgan fingerprint density at radius 2 is 1.57 bits per heavy atom. The van der Waals surface area contributed by atoms with E-state index in [1.54, 1.807) is 43.5 Å². The highest BCUT2D eigenvalue weighted by molar-refractivity contribution is 7.92. The Labute approximate surface area is 246 Å². The van der Waals surface area contributed by atoms with Gasteiger partial charge in [-0.1, -0.05) is 0 Å². The number of ether oxygens (including phenoxy) is 3. The quantitative estimate of drug-likeness (QED) is 0.236. The molecule has 0 radical (unpaired) electrons. The van der Waals surface area contributed by atoms with E-state index in [4.69, 9.17) is 14.2 Å². The number of piperidine rings is 1. The number of benzene rings is 3.